The van der Waals surface area contributed by atoms with E-state index in [1.165, 1.54) is 24.2 Å². The predicted octanol–water partition coefficient (Wildman–Crippen LogP) is 3.86. The maximum Gasteiger partial charge on any atom is 0.275 e. The average molecular weight is 608 g/mol. The topological polar surface area (TPSA) is 130 Å². The van der Waals surface area contributed by atoms with Crippen molar-refractivity contribution in [2.45, 2.75) is 26.0 Å². The first-order chi connectivity index (χ1) is 20.5. The largest absolute Gasteiger partial charge is 0.496 e. The van der Waals surface area contributed by atoms with E-state index in [-0.39, 0.29) is 30.1 Å². The fraction of sp³-hybridized carbons (Fsp3) is 0.267. The lowest BCUT2D eigenvalue weighted by atomic mass is 9.95. The number of benzene rings is 2. The van der Waals surface area contributed by atoms with E-state index < -0.39 is 39.8 Å². The molecular weight excluding hydrogens is 580 g/mol. The van der Waals surface area contributed by atoms with Gasteiger partial charge in [-0.2, -0.15) is 5.10 Å². The first kappa shape index (κ1) is 28.5. The van der Waals surface area contributed by atoms with Gasteiger partial charge in [-0.15, -0.1) is 0 Å². The molecule has 2 N–H and O–H groups in total. The summed E-state index contributed by atoms with van der Waals surface area (Å²) in [5, 5.41) is 4.62. The van der Waals surface area contributed by atoms with Crippen LogP contribution in [0.5, 0.6) is 11.5 Å². The van der Waals surface area contributed by atoms with E-state index in [0.29, 0.717) is 51.0 Å². The van der Waals surface area contributed by atoms with Crippen LogP contribution in [0.15, 0.2) is 48.8 Å². The Morgan fingerprint density at radius 3 is 2.49 bits per heavy atom. The van der Waals surface area contributed by atoms with Gasteiger partial charge in [0.25, 0.3) is 5.91 Å². The Bertz CT molecular complexity index is 1820. The zero-order valence-electron chi connectivity index (χ0n) is 23.5. The second-order valence-corrected chi connectivity index (χ2v) is 12.5. The molecule has 0 bridgehead atoms. The Labute approximate surface area is 247 Å². The molecule has 222 valence electrons. The van der Waals surface area contributed by atoms with Gasteiger partial charge < -0.3 is 20.1 Å². The third kappa shape index (κ3) is 5.03. The molecule has 10 nitrogen and oxygen atoms in total. The molecule has 0 spiro atoms. The molecule has 0 radical (unpaired) electrons. The Morgan fingerprint density at radius 1 is 1.07 bits per heavy atom. The highest BCUT2D eigenvalue weighted by molar-refractivity contribution is 7.85. The van der Waals surface area contributed by atoms with E-state index in [4.69, 9.17) is 15.2 Å². The van der Waals surface area contributed by atoms with Crippen molar-refractivity contribution in [2.24, 2.45) is 5.73 Å². The van der Waals surface area contributed by atoms with Gasteiger partial charge >= 0.3 is 0 Å². The van der Waals surface area contributed by atoms with Gasteiger partial charge in [0.2, 0.25) is 5.91 Å². The van der Waals surface area contributed by atoms with Crippen LogP contribution in [0.3, 0.4) is 0 Å². The number of amides is 2. The standard InChI is InChI=1S/C30H27F2N5O5S/c1-30(2)15-43(40)5-4-36(30)29(39)26-23-14-42-25-11-24(41-3)21(16-6-17(28(33)38)13-34-12-16)10-22(25)27(23)37(35-26)20-8-18(31)7-19(32)9-20/h6-13H,4-5,14-15H2,1-3H3,(H2,33,38). The normalized spacial score (nSPS) is 17.0. The molecule has 1 atom stereocenters. The number of methoxy groups -OCH3 is 1. The van der Waals surface area contributed by atoms with Crippen molar-refractivity contribution in [3.05, 3.63) is 77.2 Å². The maximum absolute atomic E-state index is 14.5. The van der Waals surface area contributed by atoms with E-state index >= 15 is 0 Å². The fourth-order valence-corrected chi connectivity index (χ4v) is 7.03. The van der Waals surface area contributed by atoms with Crippen molar-refractivity contribution in [3.63, 3.8) is 0 Å². The summed E-state index contributed by atoms with van der Waals surface area (Å²) >= 11 is 0. The van der Waals surface area contributed by atoms with Crippen LogP contribution in [0.25, 0.3) is 28.1 Å². The predicted molar refractivity (Wildman–Crippen MR) is 155 cm³/mol. The van der Waals surface area contributed by atoms with Crippen LogP contribution in [0.2, 0.25) is 0 Å². The number of fused-ring (bicyclic) bond motifs is 3. The number of carbonyl (C=O) groups excluding carboxylic acids is 2. The molecule has 4 heterocycles. The number of pyridine rings is 1. The molecule has 1 unspecified atom stereocenters. The second-order valence-electron chi connectivity index (χ2n) is 10.9. The number of carbonyl (C=O) groups is 2. The summed E-state index contributed by atoms with van der Waals surface area (Å²) in [6.45, 7) is 3.89. The Balaban J connectivity index is 1.58. The van der Waals surface area contributed by atoms with E-state index in [9.17, 15) is 22.6 Å². The molecule has 0 aliphatic carbocycles. The Hall–Kier alpha value is -4.65. The van der Waals surface area contributed by atoms with Crippen molar-refractivity contribution in [1.82, 2.24) is 19.7 Å². The van der Waals surface area contributed by atoms with Gasteiger partial charge in [0, 0.05) is 81.2 Å². The van der Waals surface area contributed by atoms with E-state index in [1.807, 2.05) is 13.8 Å². The third-order valence-electron chi connectivity index (χ3n) is 7.57. The monoisotopic (exact) mass is 607 g/mol. The molecule has 2 aromatic carbocycles. The summed E-state index contributed by atoms with van der Waals surface area (Å²) in [4.78, 5) is 31.7. The SMILES string of the molecule is COc1cc2c(cc1-c1cncc(C(N)=O)c1)-c1c(c(C(=O)N3CCS(=O)CC3(C)C)nn1-c1cc(F)cc(F)c1)CO2. The van der Waals surface area contributed by atoms with Gasteiger partial charge in [-0.05, 0) is 38.1 Å². The van der Waals surface area contributed by atoms with E-state index in [2.05, 4.69) is 10.1 Å². The van der Waals surface area contributed by atoms with Crippen LogP contribution in [0.1, 0.15) is 40.3 Å². The summed E-state index contributed by atoms with van der Waals surface area (Å²) in [5.74, 6) is -1.27. The van der Waals surface area contributed by atoms with Crippen molar-refractivity contribution in [3.8, 4) is 39.6 Å². The smallest absolute Gasteiger partial charge is 0.275 e. The molecule has 2 aliphatic rings. The maximum atomic E-state index is 14.5. The highest BCUT2D eigenvalue weighted by atomic mass is 32.2. The average Bonchev–Trinajstić information content (AvgIpc) is 3.35. The van der Waals surface area contributed by atoms with Gasteiger partial charge in [0.15, 0.2) is 5.69 Å². The van der Waals surface area contributed by atoms with Gasteiger partial charge in [-0.25, -0.2) is 13.5 Å². The number of primary amides is 1. The number of nitrogens with zero attached hydrogens (tertiary/aromatic N) is 4. The lowest BCUT2D eigenvalue weighted by Crippen LogP contribution is -2.56. The van der Waals surface area contributed by atoms with Gasteiger partial charge in [0.05, 0.1) is 24.1 Å². The zero-order chi connectivity index (χ0) is 30.6. The summed E-state index contributed by atoms with van der Waals surface area (Å²) < 4.78 is 54.2. The van der Waals surface area contributed by atoms with E-state index in [0.717, 1.165) is 18.2 Å². The zero-order valence-corrected chi connectivity index (χ0v) is 24.3. The van der Waals surface area contributed by atoms with Crippen molar-refractivity contribution in [1.29, 1.82) is 0 Å². The summed E-state index contributed by atoms with van der Waals surface area (Å²) in [5.41, 5.74) is 7.41. The highest BCUT2D eigenvalue weighted by Gasteiger charge is 2.40. The summed E-state index contributed by atoms with van der Waals surface area (Å²) in [6, 6.07) is 7.95. The summed E-state index contributed by atoms with van der Waals surface area (Å²) in [7, 11) is 0.414. The van der Waals surface area contributed by atoms with Gasteiger partial charge in [0.1, 0.15) is 29.7 Å². The van der Waals surface area contributed by atoms with E-state index in [1.54, 1.807) is 23.1 Å². The molecule has 2 aromatic heterocycles. The van der Waals surface area contributed by atoms with Crippen molar-refractivity contribution >= 4 is 22.6 Å². The third-order valence-corrected chi connectivity index (χ3v) is 9.24. The van der Waals surface area contributed by atoms with Crippen LogP contribution < -0.4 is 15.2 Å². The molecule has 0 saturated carbocycles. The second kappa shape index (κ2) is 10.6. The fourth-order valence-electron chi connectivity index (χ4n) is 5.56. The number of rotatable bonds is 5. The van der Waals surface area contributed by atoms with Crippen LogP contribution >= 0.6 is 0 Å². The molecule has 6 rings (SSSR count). The number of hydrogen-bond donors (Lipinski definition) is 1. The highest BCUT2D eigenvalue weighted by Crippen LogP contribution is 2.46. The minimum Gasteiger partial charge on any atom is -0.496 e. The molecule has 2 amide bonds. The first-order valence-corrected chi connectivity index (χ1v) is 14.8. The minimum absolute atomic E-state index is 0.0530. The first-order valence-electron chi connectivity index (χ1n) is 13.3. The molecule has 43 heavy (non-hydrogen) atoms. The number of ether oxygens (including phenoxy) is 2. The number of hydrogen-bond acceptors (Lipinski definition) is 7. The molecule has 1 saturated heterocycles. The Morgan fingerprint density at radius 2 is 1.81 bits per heavy atom. The number of halogens is 2. The Kier molecular flexibility index (Phi) is 6.99. The summed E-state index contributed by atoms with van der Waals surface area (Å²) in [6.07, 6.45) is 2.89. The quantitative estimate of drug-likeness (QED) is 0.365. The molecule has 1 fully saturated rings. The van der Waals surface area contributed by atoms with Crippen molar-refractivity contribution < 1.29 is 32.1 Å². The van der Waals surface area contributed by atoms with Gasteiger partial charge in [-0.1, -0.05) is 0 Å². The van der Waals surface area contributed by atoms with Crippen LogP contribution in [-0.2, 0) is 17.4 Å². The molecular formula is C30H27F2N5O5S. The van der Waals surface area contributed by atoms with Crippen molar-refractivity contribution in [2.75, 3.05) is 25.2 Å². The molecule has 2 aliphatic heterocycles. The van der Waals surface area contributed by atoms with Crippen LogP contribution in [0, 0.1) is 11.6 Å². The van der Waals surface area contributed by atoms with Gasteiger partial charge in [-0.3, -0.25) is 18.8 Å². The number of aromatic nitrogens is 3. The lowest BCUT2D eigenvalue weighted by Gasteiger charge is -2.41. The van der Waals surface area contributed by atoms with Crippen LogP contribution in [-0.4, -0.2) is 66.4 Å². The number of nitrogens with two attached hydrogens (primary N) is 1. The van der Waals surface area contributed by atoms with Crippen LogP contribution in [0.4, 0.5) is 8.78 Å². The lowest BCUT2D eigenvalue weighted by molar-refractivity contribution is 0.0585. The molecule has 4 aromatic rings. The minimum atomic E-state index is -1.07. The molecule has 13 heteroatoms.